The largest absolute Gasteiger partial charge is 0.475 e. The zero-order valence-electron chi connectivity index (χ0n) is 13.3. The van der Waals surface area contributed by atoms with Crippen LogP contribution in [0, 0.1) is 17.7 Å². The number of carbonyl (C=O) groups is 1. The molecule has 1 aromatic heterocycles. The number of hydrogen-bond donors (Lipinski definition) is 0. The van der Waals surface area contributed by atoms with Crippen LogP contribution < -0.4 is 4.74 Å². The standard InChI is InChI=1S/C17H20F2N2O3/c18-13-6-11(7-13)16(22)21-9-17(10-21)12(3-5-24-17)8-23-15-14(19)2-1-4-20-15/h1-2,4,11-13H,3,5-10H2/t11?,12-,13?/m0/s1. The fourth-order valence-electron chi connectivity index (χ4n) is 3.79. The van der Waals surface area contributed by atoms with E-state index in [4.69, 9.17) is 9.47 Å². The average Bonchev–Trinajstić information content (AvgIpc) is 2.93. The van der Waals surface area contributed by atoms with Crippen molar-refractivity contribution >= 4 is 5.91 Å². The minimum absolute atomic E-state index is 0.00439. The van der Waals surface area contributed by atoms with E-state index in [1.165, 1.54) is 18.3 Å². The third-order valence-corrected chi connectivity index (χ3v) is 5.40. The molecule has 1 atom stereocenters. The van der Waals surface area contributed by atoms with E-state index in [2.05, 4.69) is 4.98 Å². The molecule has 1 spiro atoms. The van der Waals surface area contributed by atoms with Crippen LogP contribution in [0.4, 0.5) is 8.78 Å². The molecular formula is C17H20F2N2O3. The van der Waals surface area contributed by atoms with Crippen molar-refractivity contribution in [3.8, 4) is 5.88 Å². The molecule has 0 radical (unpaired) electrons. The number of rotatable bonds is 4. The summed E-state index contributed by atoms with van der Waals surface area (Å²) >= 11 is 0. The lowest BCUT2D eigenvalue weighted by molar-refractivity contribution is -0.174. The first-order valence-corrected chi connectivity index (χ1v) is 8.37. The highest BCUT2D eigenvalue weighted by molar-refractivity contribution is 5.81. The SMILES string of the molecule is O=C(C1CC(F)C1)N1CC2(C1)OCC[C@H]2COc1ncccc1F. The highest BCUT2D eigenvalue weighted by Gasteiger charge is 2.56. The van der Waals surface area contributed by atoms with Crippen LogP contribution in [0.2, 0.25) is 0 Å². The van der Waals surface area contributed by atoms with Crippen molar-refractivity contribution in [1.29, 1.82) is 0 Å². The molecule has 3 fully saturated rings. The Morgan fingerprint density at radius 3 is 2.96 bits per heavy atom. The molecule has 24 heavy (non-hydrogen) atoms. The summed E-state index contributed by atoms with van der Waals surface area (Å²) in [4.78, 5) is 17.9. The second kappa shape index (κ2) is 5.95. The molecule has 1 saturated carbocycles. The molecule has 0 bridgehead atoms. The second-order valence-corrected chi connectivity index (χ2v) is 6.96. The molecule has 0 aromatic carbocycles. The van der Waals surface area contributed by atoms with Crippen LogP contribution in [0.5, 0.6) is 5.88 Å². The lowest BCUT2D eigenvalue weighted by atomic mass is 9.77. The first-order valence-electron chi connectivity index (χ1n) is 8.37. The van der Waals surface area contributed by atoms with E-state index >= 15 is 0 Å². The number of pyridine rings is 1. The van der Waals surface area contributed by atoms with Gasteiger partial charge in [0.15, 0.2) is 5.82 Å². The zero-order chi connectivity index (χ0) is 16.7. The predicted molar refractivity (Wildman–Crippen MR) is 80.7 cm³/mol. The Labute approximate surface area is 138 Å². The second-order valence-electron chi connectivity index (χ2n) is 6.96. The van der Waals surface area contributed by atoms with Gasteiger partial charge in [0.25, 0.3) is 0 Å². The first kappa shape index (κ1) is 15.7. The number of alkyl halides is 1. The van der Waals surface area contributed by atoms with Crippen LogP contribution >= 0.6 is 0 Å². The Hall–Kier alpha value is -1.76. The molecule has 3 aliphatic rings. The highest BCUT2D eigenvalue weighted by Crippen LogP contribution is 2.42. The van der Waals surface area contributed by atoms with Gasteiger partial charge in [0.05, 0.1) is 19.7 Å². The average molecular weight is 338 g/mol. The maximum atomic E-state index is 13.6. The van der Waals surface area contributed by atoms with E-state index in [-0.39, 0.29) is 23.6 Å². The van der Waals surface area contributed by atoms with Gasteiger partial charge in [-0.25, -0.2) is 13.8 Å². The van der Waals surface area contributed by atoms with Crippen LogP contribution in [-0.2, 0) is 9.53 Å². The molecule has 130 valence electrons. The summed E-state index contributed by atoms with van der Waals surface area (Å²) in [6, 6.07) is 2.82. The molecule has 1 aromatic rings. The van der Waals surface area contributed by atoms with Gasteiger partial charge in [0.1, 0.15) is 11.8 Å². The van der Waals surface area contributed by atoms with E-state index in [1.807, 2.05) is 0 Å². The van der Waals surface area contributed by atoms with E-state index < -0.39 is 17.6 Å². The molecule has 3 heterocycles. The molecule has 1 amide bonds. The molecular weight excluding hydrogens is 318 g/mol. The van der Waals surface area contributed by atoms with Crippen molar-refractivity contribution in [3.05, 3.63) is 24.1 Å². The third kappa shape index (κ3) is 2.64. The first-order chi connectivity index (χ1) is 11.6. The van der Waals surface area contributed by atoms with Crippen LogP contribution in [0.25, 0.3) is 0 Å². The molecule has 7 heteroatoms. The molecule has 2 saturated heterocycles. The van der Waals surface area contributed by atoms with Crippen molar-refractivity contribution in [2.24, 2.45) is 11.8 Å². The number of nitrogens with zero attached hydrogens (tertiary/aromatic N) is 2. The maximum Gasteiger partial charge on any atom is 0.250 e. The van der Waals surface area contributed by atoms with Crippen LogP contribution in [0.1, 0.15) is 19.3 Å². The Balaban J connectivity index is 1.33. The van der Waals surface area contributed by atoms with Gasteiger partial charge in [-0.1, -0.05) is 0 Å². The van der Waals surface area contributed by atoms with Crippen molar-refractivity contribution < 1.29 is 23.0 Å². The highest BCUT2D eigenvalue weighted by atomic mass is 19.1. The van der Waals surface area contributed by atoms with Gasteiger partial charge in [-0.15, -0.1) is 0 Å². The summed E-state index contributed by atoms with van der Waals surface area (Å²) in [6.07, 6.45) is 2.15. The van der Waals surface area contributed by atoms with Crippen molar-refractivity contribution in [2.45, 2.75) is 31.0 Å². The monoisotopic (exact) mass is 338 g/mol. The number of aromatic nitrogens is 1. The Bertz CT molecular complexity index is 630. The van der Waals surface area contributed by atoms with Gasteiger partial charge in [0, 0.05) is 24.6 Å². The smallest absolute Gasteiger partial charge is 0.250 e. The summed E-state index contributed by atoms with van der Waals surface area (Å²) in [7, 11) is 0. The minimum atomic E-state index is -0.827. The topological polar surface area (TPSA) is 51.7 Å². The lowest BCUT2D eigenvalue weighted by Gasteiger charge is -2.51. The van der Waals surface area contributed by atoms with Gasteiger partial charge in [-0.3, -0.25) is 4.79 Å². The van der Waals surface area contributed by atoms with E-state index in [0.29, 0.717) is 39.1 Å². The van der Waals surface area contributed by atoms with Crippen molar-refractivity contribution in [3.63, 3.8) is 0 Å². The summed E-state index contributed by atoms with van der Waals surface area (Å²) in [6.45, 7) is 1.94. The normalized spacial score (nSPS) is 30.8. The van der Waals surface area contributed by atoms with E-state index in [1.54, 1.807) is 4.90 Å². The van der Waals surface area contributed by atoms with Crippen LogP contribution in [0.3, 0.4) is 0 Å². The predicted octanol–water partition coefficient (Wildman–Crippen LogP) is 1.97. The number of amides is 1. The van der Waals surface area contributed by atoms with Gasteiger partial charge in [0.2, 0.25) is 11.8 Å². The number of halogens is 2. The van der Waals surface area contributed by atoms with Gasteiger partial charge in [-0.2, -0.15) is 0 Å². The fourth-order valence-corrected chi connectivity index (χ4v) is 3.79. The van der Waals surface area contributed by atoms with Crippen molar-refractivity contribution in [2.75, 3.05) is 26.3 Å². The molecule has 0 unspecified atom stereocenters. The van der Waals surface area contributed by atoms with E-state index in [0.717, 1.165) is 6.42 Å². The van der Waals surface area contributed by atoms with E-state index in [9.17, 15) is 13.6 Å². The molecule has 1 aliphatic carbocycles. The Morgan fingerprint density at radius 2 is 2.25 bits per heavy atom. The fraction of sp³-hybridized carbons (Fsp3) is 0.647. The van der Waals surface area contributed by atoms with Gasteiger partial charge in [-0.05, 0) is 31.4 Å². The number of carbonyl (C=O) groups excluding carboxylic acids is 1. The molecule has 2 aliphatic heterocycles. The summed E-state index contributed by atoms with van der Waals surface area (Å²) in [5.74, 6) is -0.535. The zero-order valence-corrected chi connectivity index (χ0v) is 13.3. The van der Waals surface area contributed by atoms with Gasteiger partial charge >= 0.3 is 0 Å². The maximum absolute atomic E-state index is 13.6. The molecule has 5 nitrogen and oxygen atoms in total. The summed E-state index contributed by atoms with van der Waals surface area (Å²) < 4.78 is 37.9. The Kier molecular flexibility index (Phi) is 3.90. The van der Waals surface area contributed by atoms with Crippen LogP contribution in [0.15, 0.2) is 18.3 Å². The molecule has 0 N–H and O–H groups in total. The molecule has 4 rings (SSSR count). The van der Waals surface area contributed by atoms with Gasteiger partial charge < -0.3 is 14.4 Å². The minimum Gasteiger partial charge on any atom is -0.475 e. The third-order valence-electron chi connectivity index (χ3n) is 5.40. The van der Waals surface area contributed by atoms with Crippen LogP contribution in [-0.4, -0.2) is 53.9 Å². The summed E-state index contributed by atoms with van der Waals surface area (Å²) in [5, 5.41) is 0. The summed E-state index contributed by atoms with van der Waals surface area (Å²) in [5.41, 5.74) is -0.403. The quantitative estimate of drug-likeness (QED) is 0.842. The number of likely N-dealkylation sites (tertiary alicyclic amines) is 1. The Morgan fingerprint density at radius 1 is 1.46 bits per heavy atom. The number of hydrogen-bond acceptors (Lipinski definition) is 4. The number of ether oxygens (including phenoxy) is 2. The van der Waals surface area contributed by atoms with Crippen molar-refractivity contribution in [1.82, 2.24) is 9.88 Å². The lowest BCUT2D eigenvalue weighted by Crippen LogP contribution is -2.68.